The molecule has 0 aliphatic rings. The van der Waals surface area contributed by atoms with E-state index in [-0.39, 0.29) is 0 Å². The highest BCUT2D eigenvalue weighted by atomic mass is 19.4. The lowest BCUT2D eigenvalue weighted by molar-refractivity contribution is -0.404. The zero-order chi connectivity index (χ0) is 12.5. The standard InChI is InChI=1S/C7H7F7O/c1-3-5(9,7(12,13)14)15-6(10,11)4(2)8/h2-3H2,1H3. The Labute approximate surface area is 80.5 Å². The van der Waals surface area contributed by atoms with Crippen molar-refractivity contribution in [2.75, 3.05) is 0 Å². The molecule has 0 aromatic heterocycles. The van der Waals surface area contributed by atoms with Crippen molar-refractivity contribution in [1.29, 1.82) is 0 Å². The van der Waals surface area contributed by atoms with Crippen molar-refractivity contribution in [2.24, 2.45) is 0 Å². The van der Waals surface area contributed by atoms with Crippen molar-refractivity contribution in [1.82, 2.24) is 0 Å². The van der Waals surface area contributed by atoms with Crippen molar-refractivity contribution >= 4 is 0 Å². The van der Waals surface area contributed by atoms with E-state index < -0.39 is 30.4 Å². The molecular weight excluding hydrogens is 233 g/mol. The lowest BCUT2D eigenvalue weighted by Gasteiger charge is -2.29. The number of rotatable bonds is 4. The minimum Gasteiger partial charge on any atom is -0.269 e. The molecule has 0 heterocycles. The molecule has 0 saturated carbocycles. The number of hydrogen-bond acceptors (Lipinski definition) is 1. The van der Waals surface area contributed by atoms with E-state index in [2.05, 4.69) is 11.3 Å². The van der Waals surface area contributed by atoms with Crippen LogP contribution in [0.4, 0.5) is 30.7 Å². The number of alkyl halides is 6. The van der Waals surface area contributed by atoms with Gasteiger partial charge in [-0.3, -0.25) is 4.74 Å². The Morgan fingerprint density at radius 3 is 1.73 bits per heavy atom. The fraction of sp³-hybridized carbons (Fsp3) is 0.714. The second-order valence-electron chi connectivity index (χ2n) is 2.60. The molecular formula is C7H7F7O. The van der Waals surface area contributed by atoms with E-state index >= 15 is 0 Å². The van der Waals surface area contributed by atoms with Gasteiger partial charge < -0.3 is 0 Å². The van der Waals surface area contributed by atoms with Gasteiger partial charge in [-0.2, -0.15) is 22.0 Å². The van der Waals surface area contributed by atoms with Crippen molar-refractivity contribution in [3.8, 4) is 0 Å². The van der Waals surface area contributed by atoms with Crippen LogP contribution >= 0.6 is 0 Å². The molecule has 90 valence electrons. The van der Waals surface area contributed by atoms with E-state index in [9.17, 15) is 30.7 Å². The molecule has 0 fully saturated rings. The Morgan fingerprint density at radius 1 is 1.13 bits per heavy atom. The van der Waals surface area contributed by atoms with Gasteiger partial charge in [-0.1, -0.05) is 13.5 Å². The third kappa shape index (κ3) is 3.08. The molecule has 0 aliphatic heterocycles. The summed E-state index contributed by atoms with van der Waals surface area (Å²) >= 11 is 0. The maximum absolute atomic E-state index is 12.8. The van der Waals surface area contributed by atoms with Gasteiger partial charge in [0.1, 0.15) is 0 Å². The summed E-state index contributed by atoms with van der Waals surface area (Å²) in [4.78, 5) is 0. The summed E-state index contributed by atoms with van der Waals surface area (Å²) in [7, 11) is 0. The molecule has 0 spiro atoms. The Morgan fingerprint density at radius 2 is 1.53 bits per heavy atom. The quantitative estimate of drug-likeness (QED) is 0.680. The van der Waals surface area contributed by atoms with E-state index in [1.807, 2.05) is 0 Å². The summed E-state index contributed by atoms with van der Waals surface area (Å²) in [5.74, 6) is -7.10. The van der Waals surface area contributed by atoms with E-state index in [0.29, 0.717) is 6.92 Å². The van der Waals surface area contributed by atoms with Crippen LogP contribution in [-0.2, 0) is 4.74 Å². The second kappa shape index (κ2) is 3.99. The molecule has 0 rings (SSSR count). The van der Waals surface area contributed by atoms with E-state index in [1.165, 1.54) is 0 Å². The first-order valence-corrected chi connectivity index (χ1v) is 3.65. The first-order chi connectivity index (χ1) is 6.46. The normalized spacial score (nSPS) is 17.3. The van der Waals surface area contributed by atoms with Gasteiger partial charge in [-0.05, 0) is 0 Å². The number of halogens is 7. The van der Waals surface area contributed by atoms with Crippen LogP contribution in [0.3, 0.4) is 0 Å². The highest BCUT2D eigenvalue weighted by Gasteiger charge is 2.61. The van der Waals surface area contributed by atoms with Crippen LogP contribution < -0.4 is 0 Å². The van der Waals surface area contributed by atoms with Crippen molar-refractivity contribution < 1.29 is 35.5 Å². The Balaban J connectivity index is 4.96. The average Bonchev–Trinajstić information content (AvgIpc) is 2.01. The minimum absolute atomic E-state index is 0.630. The summed E-state index contributed by atoms with van der Waals surface area (Å²) in [5.41, 5.74) is 0. The zero-order valence-corrected chi connectivity index (χ0v) is 7.47. The lowest BCUT2D eigenvalue weighted by atomic mass is 10.2. The van der Waals surface area contributed by atoms with Crippen molar-refractivity contribution in [3.63, 3.8) is 0 Å². The maximum atomic E-state index is 12.8. The molecule has 1 unspecified atom stereocenters. The van der Waals surface area contributed by atoms with Gasteiger partial charge in [0.25, 0.3) is 0 Å². The Bertz CT molecular complexity index is 246. The van der Waals surface area contributed by atoms with Gasteiger partial charge in [0.05, 0.1) is 0 Å². The molecule has 0 radical (unpaired) electrons. The summed E-state index contributed by atoms with van der Waals surface area (Å²) < 4.78 is 88.0. The number of hydrogen-bond donors (Lipinski definition) is 0. The first kappa shape index (κ1) is 14.2. The fourth-order valence-corrected chi connectivity index (χ4v) is 0.589. The molecule has 0 aromatic carbocycles. The number of ether oxygens (including phenoxy) is 1. The molecule has 0 aromatic rings. The topological polar surface area (TPSA) is 9.23 Å². The van der Waals surface area contributed by atoms with Gasteiger partial charge >= 0.3 is 18.1 Å². The summed E-state index contributed by atoms with van der Waals surface area (Å²) in [6.45, 7) is 2.68. The monoisotopic (exact) mass is 240 g/mol. The van der Waals surface area contributed by atoms with E-state index in [0.717, 1.165) is 0 Å². The summed E-state index contributed by atoms with van der Waals surface area (Å²) in [6.07, 6.45) is -12.1. The highest BCUT2D eigenvalue weighted by Crippen LogP contribution is 2.43. The third-order valence-electron chi connectivity index (χ3n) is 1.48. The van der Waals surface area contributed by atoms with Crippen LogP contribution in [0, 0.1) is 0 Å². The van der Waals surface area contributed by atoms with Gasteiger partial charge in [-0.25, -0.2) is 8.78 Å². The average molecular weight is 240 g/mol. The smallest absolute Gasteiger partial charge is 0.269 e. The molecule has 0 bridgehead atoms. The van der Waals surface area contributed by atoms with E-state index in [4.69, 9.17) is 0 Å². The van der Waals surface area contributed by atoms with Gasteiger partial charge in [0.2, 0.25) is 0 Å². The lowest BCUT2D eigenvalue weighted by Crippen LogP contribution is -2.47. The molecule has 1 nitrogen and oxygen atoms in total. The zero-order valence-electron chi connectivity index (χ0n) is 7.47. The maximum Gasteiger partial charge on any atom is 0.448 e. The largest absolute Gasteiger partial charge is 0.448 e. The third-order valence-corrected chi connectivity index (χ3v) is 1.48. The van der Waals surface area contributed by atoms with Crippen LogP contribution in [0.2, 0.25) is 0 Å². The SMILES string of the molecule is C=C(F)C(F)(F)OC(F)(CC)C(F)(F)F. The molecule has 1 atom stereocenters. The van der Waals surface area contributed by atoms with Crippen molar-refractivity contribution in [3.05, 3.63) is 12.4 Å². The first-order valence-electron chi connectivity index (χ1n) is 3.65. The summed E-state index contributed by atoms with van der Waals surface area (Å²) in [6, 6.07) is 0. The van der Waals surface area contributed by atoms with E-state index in [1.54, 1.807) is 0 Å². The van der Waals surface area contributed by atoms with Gasteiger partial charge in [-0.15, -0.1) is 0 Å². The van der Waals surface area contributed by atoms with Crippen LogP contribution in [0.15, 0.2) is 12.4 Å². The van der Waals surface area contributed by atoms with Crippen LogP contribution in [0.25, 0.3) is 0 Å². The fourth-order valence-electron chi connectivity index (χ4n) is 0.589. The van der Waals surface area contributed by atoms with Crippen LogP contribution in [0.1, 0.15) is 13.3 Å². The van der Waals surface area contributed by atoms with Gasteiger partial charge in [0, 0.05) is 6.42 Å². The predicted molar refractivity (Wildman–Crippen MR) is 36.5 cm³/mol. The minimum atomic E-state index is -5.68. The predicted octanol–water partition coefficient (Wildman–Crippen LogP) is 3.72. The van der Waals surface area contributed by atoms with Crippen LogP contribution in [0.5, 0.6) is 0 Å². The molecule has 0 amide bonds. The molecule has 0 N–H and O–H groups in total. The molecule has 15 heavy (non-hydrogen) atoms. The highest BCUT2D eigenvalue weighted by molar-refractivity contribution is 4.93. The molecule has 0 aliphatic carbocycles. The Kier molecular flexibility index (Phi) is 3.78. The molecule has 0 saturated heterocycles. The summed E-state index contributed by atoms with van der Waals surface area (Å²) in [5, 5.41) is 0. The van der Waals surface area contributed by atoms with Gasteiger partial charge in [0.15, 0.2) is 5.83 Å². The Hall–Kier alpha value is -0.790. The van der Waals surface area contributed by atoms with Crippen LogP contribution in [-0.4, -0.2) is 18.1 Å². The van der Waals surface area contributed by atoms with Crippen molar-refractivity contribution in [2.45, 2.75) is 31.5 Å². The second-order valence-corrected chi connectivity index (χ2v) is 2.60. The molecule has 8 heteroatoms.